The van der Waals surface area contributed by atoms with Gasteiger partial charge in [-0.2, -0.15) is 0 Å². The first-order valence-corrected chi connectivity index (χ1v) is 6.30. The molecule has 5 nitrogen and oxygen atoms in total. The number of Topliss-reactive ketones (excluding diaryl/α,β-unsaturated/α-hetero) is 1. The van der Waals surface area contributed by atoms with Crippen LogP contribution in [0.5, 0.6) is 5.75 Å². The number of hydrogen-bond donors (Lipinski definition) is 2. The average molecular weight is 308 g/mol. The number of hydrogen-bond acceptors (Lipinski definition) is 4. The minimum absolute atomic E-state index is 0.374. The smallest absolute Gasteiger partial charge is 0.303 e. The molecule has 2 N–H and O–H groups in total. The highest BCUT2D eigenvalue weighted by molar-refractivity contribution is 6.30. The summed E-state index contributed by atoms with van der Waals surface area (Å²) in [4.78, 5) is 26.5. The molecule has 0 atom stereocenters. The van der Waals surface area contributed by atoms with E-state index in [4.69, 9.17) is 19.4 Å². The summed E-state index contributed by atoms with van der Waals surface area (Å²) >= 11 is 5.88. The fourth-order valence-electron chi connectivity index (χ4n) is 1.73. The average Bonchev–Trinajstić information content (AvgIpc) is 2.46. The lowest BCUT2D eigenvalue weighted by Crippen LogP contribution is -2.06. The Balaban J connectivity index is 2.29. The number of rotatable bonds is 5. The van der Waals surface area contributed by atoms with E-state index in [2.05, 4.69) is 4.98 Å². The van der Waals surface area contributed by atoms with Gasteiger partial charge in [0.05, 0.1) is 6.37 Å². The topological polar surface area (TPSA) is 87.5 Å². The van der Waals surface area contributed by atoms with Crippen molar-refractivity contribution >= 4 is 23.4 Å². The third kappa shape index (κ3) is 3.79. The van der Waals surface area contributed by atoms with Crippen molar-refractivity contribution in [3.63, 3.8) is 0 Å². The summed E-state index contributed by atoms with van der Waals surface area (Å²) in [6.45, 7) is 0. The highest BCUT2D eigenvalue weighted by Gasteiger charge is 2.15. The Morgan fingerprint density at radius 3 is 2.67 bits per heavy atom. The van der Waals surface area contributed by atoms with E-state index >= 15 is 0 Å². The summed E-state index contributed by atoms with van der Waals surface area (Å²) in [5.41, 5.74) is 0.823. The van der Waals surface area contributed by atoms with Crippen LogP contribution in [0.1, 0.15) is 26.0 Å². The number of carbonyl (C=O) groups is 2. The molecule has 1 aromatic heterocycles. The van der Waals surface area contributed by atoms with Crippen molar-refractivity contribution in [3.8, 4) is 16.9 Å². The SMILES string of the molecule is [2H]C([2H])(CC(=O)c1ncc(-c2cccc(Cl)c2)cc1O)C(=O)O. The van der Waals surface area contributed by atoms with Crippen LogP contribution in [0.3, 0.4) is 0 Å². The first kappa shape index (κ1) is 12.3. The van der Waals surface area contributed by atoms with Crippen LogP contribution < -0.4 is 0 Å². The molecule has 0 aliphatic heterocycles. The maximum atomic E-state index is 11.9. The van der Waals surface area contributed by atoms with Crippen LogP contribution in [-0.2, 0) is 4.79 Å². The van der Waals surface area contributed by atoms with Crippen LogP contribution >= 0.6 is 11.6 Å². The molecule has 0 aliphatic rings. The summed E-state index contributed by atoms with van der Waals surface area (Å²) < 4.78 is 14.5. The van der Waals surface area contributed by atoms with Crippen molar-refractivity contribution in [2.45, 2.75) is 12.8 Å². The molecule has 0 amide bonds. The highest BCUT2D eigenvalue weighted by Crippen LogP contribution is 2.27. The monoisotopic (exact) mass is 307 g/mol. The zero-order valence-corrected chi connectivity index (χ0v) is 11.5. The van der Waals surface area contributed by atoms with Gasteiger partial charge in [0, 0.05) is 25.9 Å². The molecule has 2 rings (SSSR count). The minimum atomic E-state index is -2.73. The number of ketones is 1. The number of carbonyl (C=O) groups excluding carboxylic acids is 1. The summed E-state index contributed by atoms with van der Waals surface area (Å²) in [5.74, 6) is -3.10. The number of nitrogens with zero attached hydrogens (tertiary/aromatic N) is 1. The van der Waals surface area contributed by atoms with Gasteiger partial charge in [-0.05, 0) is 23.8 Å². The molecule has 108 valence electrons. The molecule has 1 heterocycles. The highest BCUT2D eigenvalue weighted by atomic mass is 35.5. The van der Waals surface area contributed by atoms with E-state index in [1.54, 1.807) is 24.3 Å². The second kappa shape index (κ2) is 6.37. The summed E-state index contributed by atoms with van der Waals surface area (Å²) in [6.07, 6.45) is -2.31. The van der Waals surface area contributed by atoms with Gasteiger partial charge in [-0.1, -0.05) is 23.7 Å². The number of pyridine rings is 1. The lowest BCUT2D eigenvalue weighted by atomic mass is 10.1. The molecular formula is C15H12ClNO4. The minimum Gasteiger partial charge on any atom is -0.506 e. The van der Waals surface area contributed by atoms with Crippen molar-refractivity contribution < 1.29 is 22.5 Å². The lowest BCUT2D eigenvalue weighted by Gasteiger charge is -2.06. The standard InChI is InChI=1S/C15H12ClNO4/c16-11-3-1-2-9(6-11)10-7-13(19)15(17-8-10)12(18)4-5-14(20)21/h1-3,6-8,19H,4-5H2,(H,20,21)/i5D2. The fourth-order valence-corrected chi connectivity index (χ4v) is 1.92. The van der Waals surface area contributed by atoms with Gasteiger partial charge in [0.25, 0.3) is 0 Å². The predicted molar refractivity (Wildman–Crippen MR) is 77.5 cm³/mol. The third-order valence-corrected chi connectivity index (χ3v) is 2.92. The van der Waals surface area contributed by atoms with E-state index in [9.17, 15) is 14.7 Å². The zero-order chi connectivity index (χ0) is 17.2. The maximum absolute atomic E-state index is 11.9. The van der Waals surface area contributed by atoms with Crippen LogP contribution in [0.4, 0.5) is 0 Å². The number of carboxylic acid groups (broad SMARTS) is 1. The Labute approximate surface area is 128 Å². The van der Waals surface area contributed by atoms with Crippen molar-refractivity contribution in [3.05, 3.63) is 47.2 Å². The lowest BCUT2D eigenvalue weighted by molar-refractivity contribution is -0.136. The first-order chi connectivity index (χ1) is 10.7. The van der Waals surface area contributed by atoms with E-state index in [0.29, 0.717) is 16.1 Å². The zero-order valence-electron chi connectivity index (χ0n) is 12.7. The quantitative estimate of drug-likeness (QED) is 0.828. The van der Waals surface area contributed by atoms with Gasteiger partial charge in [0.2, 0.25) is 0 Å². The second-order valence-corrected chi connectivity index (χ2v) is 4.62. The molecule has 0 bridgehead atoms. The molecule has 0 saturated carbocycles. The Hall–Kier alpha value is -2.40. The van der Waals surface area contributed by atoms with Crippen LogP contribution in [0.15, 0.2) is 36.5 Å². The van der Waals surface area contributed by atoms with Gasteiger partial charge < -0.3 is 10.2 Å². The Bertz CT molecular complexity index is 780. The predicted octanol–water partition coefficient (Wildman–Crippen LogP) is 3.16. The summed E-state index contributed by atoms with van der Waals surface area (Å²) in [7, 11) is 0. The number of aromatic nitrogens is 1. The fraction of sp³-hybridized carbons (Fsp3) is 0.133. The van der Waals surface area contributed by atoms with E-state index < -0.39 is 30.3 Å². The van der Waals surface area contributed by atoms with Crippen molar-refractivity contribution in [2.24, 2.45) is 0 Å². The Morgan fingerprint density at radius 1 is 1.29 bits per heavy atom. The van der Waals surface area contributed by atoms with Gasteiger partial charge in [-0.25, -0.2) is 4.98 Å². The first-order valence-electron chi connectivity index (χ1n) is 6.92. The molecule has 0 saturated heterocycles. The number of carboxylic acids is 1. The van der Waals surface area contributed by atoms with E-state index in [-0.39, 0.29) is 5.69 Å². The van der Waals surface area contributed by atoms with E-state index in [1.165, 1.54) is 12.3 Å². The maximum Gasteiger partial charge on any atom is 0.303 e. The van der Waals surface area contributed by atoms with E-state index in [1.807, 2.05) is 0 Å². The molecule has 0 aliphatic carbocycles. The van der Waals surface area contributed by atoms with Gasteiger partial charge in [-0.3, -0.25) is 9.59 Å². The second-order valence-electron chi connectivity index (χ2n) is 4.18. The number of aromatic hydroxyl groups is 1. The molecule has 6 heteroatoms. The van der Waals surface area contributed by atoms with Gasteiger partial charge in [-0.15, -0.1) is 0 Å². The van der Waals surface area contributed by atoms with Crippen LogP contribution in [0.2, 0.25) is 5.02 Å². The number of benzene rings is 1. The van der Waals surface area contributed by atoms with Crippen LogP contribution in [-0.4, -0.2) is 26.9 Å². The molecule has 0 radical (unpaired) electrons. The molecule has 0 spiro atoms. The van der Waals surface area contributed by atoms with Gasteiger partial charge in [0.15, 0.2) is 5.78 Å². The molecule has 2 aromatic rings. The third-order valence-electron chi connectivity index (χ3n) is 2.69. The van der Waals surface area contributed by atoms with Gasteiger partial charge in [0.1, 0.15) is 11.4 Å². The largest absolute Gasteiger partial charge is 0.506 e. The normalized spacial score (nSPS) is 12.4. The van der Waals surface area contributed by atoms with E-state index in [0.717, 1.165) is 0 Å². The molecule has 21 heavy (non-hydrogen) atoms. The van der Waals surface area contributed by atoms with Crippen molar-refractivity contribution in [1.82, 2.24) is 4.98 Å². The molecule has 0 unspecified atom stereocenters. The molecular weight excluding hydrogens is 294 g/mol. The molecule has 1 aromatic carbocycles. The summed E-state index contributed by atoms with van der Waals surface area (Å²) in [5, 5.41) is 19.1. The molecule has 0 fully saturated rings. The van der Waals surface area contributed by atoms with Crippen molar-refractivity contribution in [2.75, 3.05) is 0 Å². The van der Waals surface area contributed by atoms with Gasteiger partial charge >= 0.3 is 5.97 Å². The Kier molecular flexibility index (Phi) is 3.74. The van der Waals surface area contributed by atoms with Crippen LogP contribution in [0, 0.1) is 0 Å². The summed E-state index contributed by atoms with van der Waals surface area (Å²) in [6, 6.07) is 8.09. The number of aliphatic carboxylic acids is 1. The number of halogens is 1. The van der Waals surface area contributed by atoms with Crippen LogP contribution in [0.25, 0.3) is 11.1 Å². The Morgan fingerprint density at radius 2 is 2.05 bits per heavy atom. The van der Waals surface area contributed by atoms with Crippen molar-refractivity contribution in [1.29, 1.82) is 0 Å².